The van der Waals surface area contributed by atoms with Crippen molar-refractivity contribution in [2.45, 2.75) is 26.1 Å². The highest BCUT2D eigenvalue weighted by atomic mass is 35.5. The van der Waals surface area contributed by atoms with Crippen LogP contribution in [0.3, 0.4) is 0 Å². The van der Waals surface area contributed by atoms with Gasteiger partial charge in [-0.05, 0) is 43.7 Å². The summed E-state index contributed by atoms with van der Waals surface area (Å²) in [7, 11) is 0. The van der Waals surface area contributed by atoms with E-state index in [0.29, 0.717) is 11.6 Å². The van der Waals surface area contributed by atoms with E-state index in [9.17, 15) is 28.1 Å². The van der Waals surface area contributed by atoms with Gasteiger partial charge in [-0.15, -0.1) is 0 Å². The second-order valence-electron chi connectivity index (χ2n) is 5.67. The summed E-state index contributed by atoms with van der Waals surface area (Å²) < 4.78 is 44.6. The van der Waals surface area contributed by atoms with E-state index in [1.165, 1.54) is 25.1 Å². The maximum absolute atomic E-state index is 13.1. The fourth-order valence-electron chi connectivity index (χ4n) is 2.21. The molecule has 0 aromatic heterocycles. The zero-order valence-corrected chi connectivity index (χ0v) is 14.9. The van der Waals surface area contributed by atoms with Gasteiger partial charge in [-0.1, -0.05) is 17.7 Å². The molecule has 2 aromatic carbocycles. The molecule has 0 aliphatic heterocycles. The highest BCUT2D eigenvalue weighted by molar-refractivity contribution is 6.30. The van der Waals surface area contributed by atoms with Crippen LogP contribution >= 0.6 is 11.6 Å². The monoisotopic (exact) mass is 402 g/mol. The first-order valence-electron chi connectivity index (χ1n) is 7.58. The molecule has 0 bridgehead atoms. The number of benzene rings is 2. The van der Waals surface area contributed by atoms with Crippen molar-refractivity contribution in [3.05, 3.63) is 62.7 Å². The Morgan fingerprint density at radius 2 is 1.93 bits per heavy atom. The third-order valence-corrected chi connectivity index (χ3v) is 3.76. The predicted octanol–water partition coefficient (Wildman–Crippen LogP) is 4.98. The number of carbonyl (C=O) groups excluding carboxylic acids is 1. The van der Waals surface area contributed by atoms with Gasteiger partial charge < -0.3 is 10.1 Å². The molecule has 2 rings (SSSR count). The molecule has 144 valence electrons. The number of ether oxygens (including phenoxy) is 1. The maximum atomic E-state index is 13.1. The van der Waals surface area contributed by atoms with Gasteiger partial charge in [0.2, 0.25) is 0 Å². The summed E-state index contributed by atoms with van der Waals surface area (Å²) in [6.07, 6.45) is -6.02. The molecule has 6 nitrogen and oxygen atoms in total. The molecule has 0 heterocycles. The number of hydrogen-bond donors (Lipinski definition) is 1. The van der Waals surface area contributed by atoms with E-state index in [-0.39, 0.29) is 16.5 Å². The van der Waals surface area contributed by atoms with Crippen LogP contribution in [0.1, 0.15) is 18.1 Å². The van der Waals surface area contributed by atoms with Crippen LogP contribution in [-0.2, 0) is 11.0 Å². The molecule has 1 amide bonds. The van der Waals surface area contributed by atoms with Gasteiger partial charge >= 0.3 is 11.9 Å². The molecular formula is C17H14ClF3N2O4. The van der Waals surface area contributed by atoms with E-state index < -0.39 is 34.4 Å². The summed E-state index contributed by atoms with van der Waals surface area (Å²) in [6, 6.07) is 7.04. The van der Waals surface area contributed by atoms with Crippen LogP contribution in [0.25, 0.3) is 0 Å². The summed E-state index contributed by atoms with van der Waals surface area (Å²) in [5, 5.41) is 13.1. The lowest BCUT2D eigenvalue weighted by Gasteiger charge is -2.18. The van der Waals surface area contributed by atoms with Crippen LogP contribution < -0.4 is 10.1 Å². The van der Waals surface area contributed by atoms with Crippen molar-refractivity contribution < 1.29 is 27.6 Å². The molecule has 0 saturated heterocycles. The molecule has 0 radical (unpaired) electrons. The van der Waals surface area contributed by atoms with Gasteiger partial charge in [-0.3, -0.25) is 14.9 Å². The molecule has 2 aromatic rings. The minimum absolute atomic E-state index is 0.139. The minimum atomic E-state index is -4.73. The number of nitrogens with zero attached hydrogens (tertiary/aromatic N) is 1. The first-order chi connectivity index (χ1) is 12.5. The number of carbonyl (C=O) groups is 1. The fourth-order valence-corrected chi connectivity index (χ4v) is 2.38. The number of nitrogens with one attached hydrogen (secondary N) is 1. The van der Waals surface area contributed by atoms with E-state index in [1.807, 2.05) is 0 Å². The lowest BCUT2D eigenvalue weighted by Crippen LogP contribution is -2.31. The number of rotatable bonds is 5. The zero-order valence-electron chi connectivity index (χ0n) is 14.1. The molecule has 0 fully saturated rings. The third kappa shape index (κ3) is 5.10. The van der Waals surface area contributed by atoms with Crippen molar-refractivity contribution in [2.75, 3.05) is 5.32 Å². The van der Waals surface area contributed by atoms with E-state index in [2.05, 4.69) is 5.32 Å². The Kier molecular flexibility index (Phi) is 5.94. The van der Waals surface area contributed by atoms with E-state index >= 15 is 0 Å². The summed E-state index contributed by atoms with van der Waals surface area (Å²) in [6.45, 7) is 2.91. The van der Waals surface area contributed by atoms with Crippen LogP contribution in [0.4, 0.5) is 24.5 Å². The van der Waals surface area contributed by atoms with Crippen LogP contribution in [-0.4, -0.2) is 16.9 Å². The van der Waals surface area contributed by atoms with E-state index in [1.54, 1.807) is 13.0 Å². The predicted molar refractivity (Wildman–Crippen MR) is 93.0 cm³/mol. The van der Waals surface area contributed by atoms with Crippen molar-refractivity contribution >= 4 is 28.9 Å². The van der Waals surface area contributed by atoms with Crippen LogP contribution in [0.5, 0.6) is 5.75 Å². The molecule has 1 N–H and O–H groups in total. The Morgan fingerprint density at radius 3 is 2.52 bits per heavy atom. The number of halogens is 4. The second-order valence-corrected chi connectivity index (χ2v) is 6.10. The van der Waals surface area contributed by atoms with Crippen molar-refractivity contribution in [2.24, 2.45) is 0 Å². The number of aryl methyl sites for hydroxylation is 1. The van der Waals surface area contributed by atoms with Gasteiger partial charge in [0.1, 0.15) is 0 Å². The summed E-state index contributed by atoms with van der Waals surface area (Å²) in [4.78, 5) is 22.6. The smallest absolute Gasteiger partial charge is 0.418 e. The molecule has 1 atom stereocenters. The maximum Gasteiger partial charge on any atom is 0.418 e. The largest absolute Gasteiger partial charge is 0.474 e. The van der Waals surface area contributed by atoms with Gasteiger partial charge in [0.25, 0.3) is 5.91 Å². The quantitative estimate of drug-likeness (QED) is 0.564. The van der Waals surface area contributed by atoms with Gasteiger partial charge in [0.15, 0.2) is 11.9 Å². The SMILES string of the molecule is Cc1ccc(OC(C)C(=O)Nc2ccc(Cl)cc2C(F)(F)F)c([N+](=O)[O-])c1. The van der Waals surface area contributed by atoms with Gasteiger partial charge in [0.05, 0.1) is 16.2 Å². The minimum Gasteiger partial charge on any atom is -0.474 e. The standard InChI is InChI=1S/C17H14ClF3N2O4/c1-9-3-6-15(14(7-9)23(25)26)27-10(2)16(24)22-13-5-4-11(18)8-12(13)17(19,20)21/h3-8,10H,1-2H3,(H,22,24). The highest BCUT2D eigenvalue weighted by Crippen LogP contribution is 2.36. The molecule has 27 heavy (non-hydrogen) atoms. The van der Waals surface area contributed by atoms with Crippen LogP contribution in [0.15, 0.2) is 36.4 Å². The normalized spacial score (nSPS) is 12.4. The van der Waals surface area contributed by atoms with E-state index in [0.717, 1.165) is 6.07 Å². The fraction of sp³-hybridized carbons (Fsp3) is 0.235. The second kappa shape index (κ2) is 7.83. The number of nitro benzene ring substituents is 1. The van der Waals surface area contributed by atoms with Crippen molar-refractivity contribution in [1.82, 2.24) is 0 Å². The Morgan fingerprint density at radius 1 is 1.26 bits per heavy atom. The van der Waals surface area contributed by atoms with Gasteiger partial charge in [-0.25, -0.2) is 0 Å². The molecular weight excluding hydrogens is 389 g/mol. The van der Waals surface area contributed by atoms with Crippen LogP contribution in [0.2, 0.25) is 5.02 Å². The lowest BCUT2D eigenvalue weighted by atomic mass is 10.1. The molecule has 0 aliphatic carbocycles. The molecule has 0 spiro atoms. The van der Waals surface area contributed by atoms with Crippen molar-refractivity contribution in [3.8, 4) is 5.75 Å². The molecule has 0 saturated carbocycles. The Labute approximate surface area is 157 Å². The highest BCUT2D eigenvalue weighted by Gasteiger charge is 2.34. The number of nitro groups is 1. The summed E-state index contributed by atoms with van der Waals surface area (Å²) in [5.74, 6) is -1.07. The van der Waals surface area contributed by atoms with Gasteiger partial charge in [0, 0.05) is 11.1 Å². The Hall–Kier alpha value is -2.81. The average molecular weight is 403 g/mol. The average Bonchev–Trinajstić information content (AvgIpc) is 2.56. The zero-order chi connectivity index (χ0) is 20.4. The third-order valence-electron chi connectivity index (χ3n) is 3.53. The van der Waals surface area contributed by atoms with Gasteiger partial charge in [-0.2, -0.15) is 13.2 Å². The van der Waals surface area contributed by atoms with E-state index in [4.69, 9.17) is 16.3 Å². The topological polar surface area (TPSA) is 81.5 Å². The van der Waals surface area contributed by atoms with Crippen molar-refractivity contribution in [3.63, 3.8) is 0 Å². The number of amides is 1. The molecule has 1 unspecified atom stereocenters. The first-order valence-corrected chi connectivity index (χ1v) is 7.96. The first kappa shape index (κ1) is 20.5. The van der Waals surface area contributed by atoms with Crippen molar-refractivity contribution in [1.29, 1.82) is 0 Å². The summed E-state index contributed by atoms with van der Waals surface area (Å²) >= 11 is 5.59. The number of hydrogen-bond acceptors (Lipinski definition) is 4. The molecule has 0 aliphatic rings. The number of alkyl halides is 3. The Balaban J connectivity index is 2.22. The number of anilines is 1. The Bertz CT molecular complexity index is 887. The lowest BCUT2D eigenvalue weighted by molar-refractivity contribution is -0.386. The summed E-state index contributed by atoms with van der Waals surface area (Å²) in [5.41, 5.74) is -1.35. The van der Waals surface area contributed by atoms with Crippen LogP contribution in [0, 0.1) is 17.0 Å². The molecule has 10 heteroatoms.